The predicted molar refractivity (Wildman–Crippen MR) is 71.6 cm³/mol. The predicted octanol–water partition coefficient (Wildman–Crippen LogP) is 2.46. The Labute approximate surface area is 108 Å². The Hall–Kier alpha value is -1.71. The fraction of sp³-hybridized carbons (Fsp3) is 0.500. The fourth-order valence-corrected chi connectivity index (χ4v) is 1.56. The van der Waals surface area contributed by atoms with E-state index in [0.29, 0.717) is 0 Å². The molecule has 0 aliphatic heterocycles. The van der Waals surface area contributed by atoms with E-state index in [4.69, 9.17) is 15.2 Å². The second kappa shape index (κ2) is 5.29. The van der Waals surface area contributed by atoms with Crippen LogP contribution in [0.25, 0.3) is 0 Å². The van der Waals surface area contributed by atoms with Crippen LogP contribution in [0.15, 0.2) is 12.1 Å². The molecule has 0 radical (unpaired) electrons. The zero-order chi connectivity index (χ0) is 13.9. The summed E-state index contributed by atoms with van der Waals surface area (Å²) >= 11 is 0. The third-order valence-electron chi connectivity index (χ3n) is 2.89. The van der Waals surface area contributed by atoms with Crippen LogP contribution in [0.4, 0.5) is 5.69 Å². The molecular formula is C14H21NO3. The van der Waals surface area contributed by atoms with Gasteiger partial charge in [0.2, 0.25) is 0 Å². The molecule has 0 spiro atoms. The van der Waals surface area contributed by atoms with Gasteiger partial charge in [0.15, 0.2) is 0 Å². The first-order valence-corrected chi connectivity index (χ1v) is 5.86. The van der Waals surface area contributed by atoms with E-state index in [9.17, 15) is 4.79 Å². The number of hydrogen-bond donors (Lipinski definition) is 1. The Bertz CT molecular complexity index is 453. The lowest BCUT2D eigenvalue weighted by Gasteiger charge is -2.22. The molecule has 0 aromatic heterocycles. The van der Waals surface area contributed by atoms with Gasteiger partial charge in [-0.05, 0) is 51.0 Å². The van der Waals surface area contributed by atoms with Crippen LogP contribution in [-0.4, -0.2) is 19.7 Å². The van der Waals surface area contributed by atoms with Crippen LogP contribution >= 0.6 is 0 Å². The van der Waals surface area contributed by atoms with E-state index in [0.717, 1.165) is 22.6 Å². The normalized spacial score (nSPS) is 11.2. The molecule has 100 valence electrons. The highest BCUT2D eigenvalue weighted by atomic mass is 16.5. The van der Waals surface area contributed by atoms with Crippen LogP contribution in [-0.2, 0) is 9.53 Å². The van der Waals surface area contributed by atoms with Crippen molar-refractivity contribution >= 4 is 11.7 Å². The summed E-state index contributed by atoms with van der Waals surface area (Å²) in [5, 5.41) is 0. The van der Waals surface area contributed by atoms with Gasteiger partial charge in [0.05, 0.1) is 12.5 Å². The molecule has 1 rings (SSSR count). The van der Waals surface area contributed by atoms with Crippen LogP contribution in [0.1, 0.15) is 25.0 Å². The van der Waals surface area contributed by atoms with Crippen molar-refractivity contribution in [3.05, 3.63) is 23.3 Å². The van der Waals surface area contributed by atoms with Crippen molar-refractivity contribution in [3.63, 3.8) is 0 Å². The van der Waals surface area contributed by atoms with Crippen LogP contribution in [0, 0.1) is 19.3 Å². The molecule has 2 N–H and O–H groups in total. The van der Waals surface area contributed by atoms with Gasteiger partial charge in [0.25, 0.3) is 0 Å². The molecule has 0 aliphatic rings. The van der Waals surface area contributed by atoms with E-state index in [2.05, 4.69) is 0 Å². The highest BCUT2D eigenvalue weighted by Crippen LogP contribution is 2.26. The maximum absolute atomic E-state index is 11.5. The Morgan fingerprint density at radius 2 is 1.89 bits per heavy atom. The minimum Gasteiger partial charge on any atom is -0.492 e. The topological polar surface area (TPSA) is 61.5 Å². The average Bonchev–Trinajstić information content (AvgIpc) is 2.31. The summed E-state index contributed by atoms with van der Waals surface area (Å²) in [6, 6.07) is 3.76. The second-order valence-electron chi connectivity index (χ2n) is 5.14. The first kappa shape index (κ1) is 14.4. The molecule has 1 aromatic carbocycles. The third-order valence-corrected chi connectivity index (χ3v) is 2.89. The quantitative estimate of drug-likeness (QED) is 0.659. The zero-order valence-corrected chi connectivity index (χ0v) is 11.7. The fourth-order valence-electron chi connectivity index (χ4n) is 1.56. The highest BCUT2D eigenvalue weighted by molar-refractivity contribution is 5.75. The molecule has 0 fully saturated rings. The summed E-state index contributed by atoms with van der Waals surface area (Å²) in [7, 11) is 1.38. The molecule has 0 atom stereocenters. The molecule has 0 bridgehead atoms. The van der Waals surface area contributed by atoms with Crippen molar-refractivity contribution in [1.29, 1.82) is 0 Å². The van der Waals surface area contributed by atoms with Gasteiger partial charge in [-0.25, -0.2) is 0 Å². The summed E-state index contributed by atoms with van der Waals surface area (Å²) in [5.41, 5.74) is 7.81. The molecule has 18 heavy (non-hydrogen) atoms. The van der Waals surface area contributed by atoms with Gasteiger partial charge in [0.1, 0.15) is 12.4 Å². The number of esters is 1. The number of rotatable bonds is 4. The molecule has 4 heteroatoms. The number of benzene rings is 1. The van der Waals surface area contributed by atoms with E-state index in [1.807, 2.05) is 26.0 Å². The number of carbonyl (C=O) groups excluding carboxylic acids is 1. The second-order valence-corrected chi connectivity index (χ2v) is 5.14. The van der Waals surface area contributed by atoms with Gasteiger partial charge in [0, 0.05) is 5.69 Å². The first-order valence-electron chi connectivity index (χ1n) is 5.86. The minimum absolute atomic E-state index is 0.268. The van der Waals surface area contributed by atoms with Crippen molar-refractivity contribution in [1.82, 2.24) is 0 Å². The van der Waals surface area contributed by atoms with Crippen LogP contribution in [0.3, 0.4) is 0 Å². The van der Waals surface area contributed by atoms with Crippen molar-refractivity contribution < 1.29 is 14.3 Å². The van der Waals surface area contributed by atoms with Crippen molar-refractivity contribution in [3.8, 4) is 5.75 Å². The minimum atomic E-state index is -0.670. The first-order chi connectivity index (χ1) is 8.27. The van der Waals surface area contributed by atoms with E-state index < -0.39 is 5.41 Å². The van der Waals surface area contributed by atoms with Crippen molar-refractivity contribution in [2.75, 3.05) is 19.5 Å². The van der Waals surface area contributed by atoms with E-state index >= 15 is 0 Å². The van der Waals surface area contributed by atoms with Gasteiger partial charge in [-0.15, -0.1) is 0 Å². The molecule has 0 saturated carbocycles. The lowest BCUT2D eigenvalue weighted by atomic mass is 9.95. The number of nitrogens with two attached hydrogens (primary N) is 1. The standard InChI is InChI=1S/C14H21NO3/c1-9-7-12(10(2)6-11(9)15)18-8-14(3,4)13(16)17-5/h6-7H,8,15H2,1-5H3. The highest BCUT2D eigenvalue weighted by Gasteiger charge is 2.29. The molecule has 1 aromatic rings. The molecule has 0 amide bonds. The Morgan fingerprint density at radius 1 is 1.28 bits per heavy atom. The monoisotopic (exact) mass is 251 g/mol. The third kappa shape index (κ3) is 3.15. The van der Waals surface area contributed by atoms with Gasteiger partial charge in [-0.1, -0.05) is 0 Å². The number of ether oxygens (including phenoxy) is 2. The molecule has 0 unspecified atom stereocenters. The Morgan fingerprint density at radius 3 is 2.44 bits per heavy atom. The Kier molecular flexibility index (Phi) is 4.22. The zero-order valence-electron chi connectivity index (χ0n) is 11.7. The number of aryl methyl sites for hydroxylation is 2. The smallest absolute Gasteiger partial charge is 0.314 e. The molecular weight excluding hydrogens is 230 g/mol. The number of nitrogen functional groups attached to an aromatic ring is 1. The molecule has 4 nitrogen and oxygen atoms in total. The summed E-state index contributed by atoms with van der Waals surface area (Å²) in [6.07, 6.45) is 0. The van der Waals surface area contributed by atoms with Crippen molar-refractivity contribution in [2.45, 2.75) is 27.7 Å². The average molecular weight is 251 g/mol. The molecule has 0 aliphatic carbocycles. The van der Waals surface area contributed by atoms with E-state index in [-0.39, 0.29) is 12.6 Å². The van der Waals surface area contributed by atoms with E-state index in [1.54, 1.807) is 13.8 Å². The largest absolute Gasteiger partial charge is 0.492 e. The Balaban J connectivity index is 2.81. The number of hydrogen-bond acceptors (Lipinski definition) is 4. The SMILES string of the molecule is COC(=O)C(C)(C)COc1cc(C)c(N)cc1C. The van der Waals surface area contributed by atoms with Gasteiger partial charge < -0.3 is 15.2 Å². The van der Waals surface area contributed by atoms with Crippen LogP contribution in [0.5, 0.6) is 5.75 Å². The molecule has 0 saturated heterocycles. The van der Waals surface area contributed by atoms with Crippen molar-refractivity contribution in [2.24, 2.45) is 5.41 Å². The molecule has 0 heterocycles. The van der Waals surface area contributed by atoms with Gasteiger partial charge >= 0.3 is 5.97 Å². The summed E-state index contributed by atoms with van der Waals surface area (Å²) in [5.74, 6) is 0.464. The summed E-state index contributed by atoms with van der Waals surface area (Å²) < 4.78 is 10.4. The summed E-state index contributed by atoms with van der Waals surface area (Å²) in [4.78, 5) is 11.5. The number of carbonyl (C=O) groups is 1. The van der Waals surface area contributed by atoms with Crippen LogP contribution < -0.4 is 10.5 Å². The van der Waals surface area contributed by atoms with Crippen LogP contribution in [0.2, 0.25) is 0 Å². The number of methoxy groups -OCH3 is 1. The maximum atomic E-state index is 11.5. The lowest BCUT2D eigenvalue weighted by Crippen LogP contribution is -2.32. The lowest BCUT2D eigenvalue weighted by molar-refractivity contribution is -0.152. The number of anilines is 1. The van der Waals surface area contributed by atoms with Gasteiger partial charge in [-0.2, -0.15) is 0 Å². The summed E-state index contributed by atoms with van der Waals surface area (Å²) in [6.45, 7) is 7.70. The van der Waals surface area contributed by atoms with E-state index in [1.165, 1.54) is 7.11 Å². The maximum Gasteiger partial charge on any atom is 0.314 e. The van der Waals surface area contributed by atoms with Gasteiger partial charge in [-0.3, -0.25) is 4.79 Å².